The summed E-state index contributed by atoms with van der Waals surface area (Å²) < 4.78 is 1.61. The number of carbonyl (C=O) groups excluding carboxylic acids is 1. The monoisotopic (exact) mass is 427 g/mol. The number of hydrogen-bond acceptors (Lipinski definition) is 5. The first-order valence-corrected chi connectivity index (χ1v) is 10.0. The highest BCUT2D eigenvalue weighted by atomic mass is 16.6. The lowest BCUT2D eigenvalue weighted by molar-refractivity contribution is -0.384. The van der Waals surface area contributed by atoms with Crippen molar-refractivity contribution < 1.29 is 9.72 Å². The number of nitro benzene ring substituents is 1. The summed E-state index contributed by atoms with van der Waals surface area (Å²) in [6.07, 6.45) is 1.67. The van der Waals surface area contributed by atoms with Gasteiger partial charge in [0.1, 0.15) is 5.69 Å². The molecule has 0 aliphatic carbocycles. The first-order chi connectivity index (χ1) is 15.4. The molecule has 8 heteroatoms. The minimum Gasteiger partial charge on any atom is -0.345 e. The summed E-state index contributed by atoms with van der Waals surface area (Å²) in [5.74, 6) is -0.295. The van der Waals surface area contributed by atoms with Gasteiger partial charge >= 0.3 is 0 Å². The van der Waals surface area contributed by atoms with Gasteiger partial charge in [-0.1, -0.05) is 23.8 Å². The maximum absolute atomic E-state index is 13.1. The molecule has 2 aromatic carbocycles. The molecule has 2 aromatic heterocycles. The topological polar surface area (TPSA) is 103 Å². The van der Waals surface area contributed by atoms with Gasteiger partial charge in [-0.2, -0.15) is 5.10 Å². The second-order valence-electron chi connectivity index (χ2n) is 7.42. The second-order valence-corrected chi connectivity index (χ2v) is 7.42. The van der Waals surface area contributed by atoms with Crippen molar-refractivity contribution in [3.05, 3.63) is 106 Å². The number of pyridine rings is 1. The zero-order valence-corrected chi connectivity index (χ0v) is 17.6. The van der Waals surface area contributed by atoms with Crippen LogP contribution in [0.4, 0.5) is 5.69 Å². The number of hydrogen-bond donors (Lipinski definition) is 1. The predicted molar refractivity (Wildman–Crippen MR) is 121 cm³/mol. The van der Waals surface area contributed by atoms with Crippen molar-refractivity contribution in [2.24, 2.45) is 0 Å². The van der Waals surface area contributed by atoms with Crippen molar-refractivity contribution in [2.45, 2.75) is 20.4 Å². The van der Waals surface area contributed by atoms with Crippen LogP contribution in [-0.2, 0) is 6.54 Å². The molecule has 32 heavy (non-hydrogen) atoms. The quantitative estimate of drug-likeness (QED) is 0.363. The number of rotatable bonds is 6. The molecular formula is C24H21N5O3. The van der Waals surface area contributed by atoms with E-state index >= 15 is 0 Å². The number of nitro groups is 1. The highest BCUT2D eigenvalue weighted by Crippen LogP contribution is 2.25. The normalized spacial score (nSPS) is 10.7. The average Bonchev–Trinajstić information content (AvgIpc) is 3.23. The summed E-state index contributed by atoms with van der Waals surface area (Å²) in [6.45, 7) is 4.25. The molecule has 0 spiro atoms. The van der Waals surface area contributed by atoms with E-state index in [2.05, 4.69) is 15.4 Å². The summed E-state index contributed by atoms with van der Waals surface area (Å²) in [5.41, 5.74) is 5.19. The number of carbonyl (C=O) groups is 1. The number of aromatic nitrogens is 3. The third-order valence-corrected chi connectivity index (χ3v) is 5.05. The van der Waals surface area contributed by atoms with Crippen LogP contribution in [0.25, 0.3) is 16.9 Å². The van der Waals surface area contributed by atoms with Gasteiger partial charge in [-0.25, -0.2) is 4.68 Å². The predicted octanol–water partition coefficient (Wildman–Crippen LogP) is 4.39. The van der Waals surface area contributed by atoms with E-state index in [-0.39, 0.29) is 18.1 Å². The fraction of sp³-hybridized carbons (Fsp3) is 0.125. The molecule has 4 aromatic rings. The Balaban J connectivity index is 1.72. The molecule has 0 atom stereocenters. The summed E-state index contributed by atoms with van der Waals surface area (Å²) in [7, 11) is 0. The molecule has 0 unspecified atom stereocenters. The molecule has 8 nitrogen and oxygen atoms in total. The zero-order chi connectivity index (χ0) is 22.7. The van der Waals surface area contributed by atoms with Gasteiger partial charge in [-0.05, 0) is 55.8 Å². The Morgan fingerprint density at radius 3 is 2.50 bits per heavy atom. The smallest absolute Gasteiger partial charge is 0.270 e. The third kappa shape index (κ3) is 4.39. The first-order valence-electron chi connectivity index (χ1n) is 10.0. The van der Waals surface area contributed by atoms with E-state index in [1.165, 1.54) is 12.1 Å². The van der Waals surface area contributed by atoms with Crippen LogP contribution in [0.2, 0.25) is 0 Å². The lowest BCUT2D eigenvalue weighted by Gasteiger charge is -2.11. The molecule has 160 valence electrons. The summed E-state index contributed by atoms with van der Waals surface area (Å²) in [4.78, 5) is 27.8. The van der Waals surface area contributed by atoms with E-state index in [1.807, 2.05) is 50.2 Å². The Bertz CT molecular complexity index is 1280. The van der Waals surface area contributed by atoms with Crippen LogP contribution in [0.3, 0.4) is 0 Å². The van der Waals surface area contributed by atoms with Gasteiger partial charge in [0.15, 0.2) is 0 Å². The SMILES string of the molecule is Cc1ccc(-n2nc(-c3ccc([N+](=O)[O-])cc3)cc2C(=O)NCc2ccccn2)c(C)c1. The van der Waals surface area contributed by atoms with Crippen LogP contribution in [0.5, 0.6) is 0 Å². The molecule has 4 rings (SSSR count). The lowest BCUT2D eigenvalue weighted by atomic mass is 10.1. The maximum atomic E-state index is 13.1. The molecular weight excluding hydrogens is 406 g/mol. The van der Waals surface area contributed by atoms with Gasteiger partial charge in [-0.15, -0.1) is 0 Å². The fourth-order valence-corrected chi connectivity index (χ4v) is 3.43. The van der Waals surface area contributed by atoms with Crippen LogP contribution in [0.1, 0.15) is 27.3 Å². The van der Waals surface area contributed by atoms with Crippen molar-refractivity contribution >= 4 is 11.6 Å². The Morgan fingerprint density at radius 1 is 1.06 bits per heavy atom. The summed E-state index contributed by atoms with van der Waals surface area (Å²) in [5, 5.41) is 18.5. The Hall–Kier alpha value is -4.33. The van der Waals surface area contributed by atoms with E-state index in [0.717, 1.165) is 22.5 Å². The van der Waals surface area contributed by atoms with Gasteiger partial charge in [0, 0.05) is 23.9 Å². The number of nitrogens with one attached hydrogen (secondary N) is 1. The van der Waals surface area contributed by atoms with Crippen LogP contribution in [-0.4, -0.2) is 25.6 Å². The van der Waals surface area contributed by atoms with E-state index in [9.17, 15) is 14.9 Å². The Labute approximate surface area is 184 Å². The number of nitrogens with zero attached hydrogens (tertiary/aromatic N) is 4. The molecule has 0 fully saturated rings. The largest absolute Gasteiger partial charge is 0.345 e. The van der Waals surface area contributed by atoms with Crippen molar-refractivity contribution in [1.82, 2.24) is 20.1 Å². The lowest BCUT2D eigenvalue weighted by Crippen LogP contribution is -2.26. The third-order valence-electron chi connectivity index (χ3n) is 5.05. The second kappa shape index (κ2) is 8.81. The molecule has 0 bridgehead atoms. The van der Waals surface area contributed by atoms with Crippen molar-refractivity contribution in [3.63, 3.8) is 0 Å². The highest BCUT2D eigenvalue weighted by Gasteiger charge is 2.19. The van der Waals surface area contributed by atoms with E-state index < -0.39 is 4.92 Å². The minimum atomic E-state index is -0.450. The van der Waals surface area contributed by atoms with Gasteiger partial charge in [-0.3, -0.25) is 19.9 Å². The van der Waals surface area contributed by atoms with E-state index in [0.29, 0.717) is 17.0 Å². The Kier molecular flexibility index (Phi) is 5.76. The van der Waals surface area contributed by atoms with Gasteiger partial charge in [0.05, 0.1) is 28.5 Å². The first kappa shape index (κ1) is 20.9. The number of amides is 1. The number of benzene rings is 2. The maximum Gasteiger partial charge on any atom is 0.270 e. The van der Waals surface area contributed by atoms with Crippen LogP contribution in [0, 0.1) is 24.0 Å². The molecule has 1 amide bonds. The molecule has 1 N–H and O–H groups in total. The zero-order valence-electron chi connectivity index (χ0n) is 17.6. The summed E-state index contributed by atoms with van der Waals surface area (Å²) in [6, 6.07) is 19.2. The molecule has 2 heterocycles. The molecule has 0 aliphatic rings. The molecule has 0 saturated heterocycles. The van der Waals surface area contributed by atoms with Gasteiger partial charge < -0.3 is 5.32 Å². The minimum absolute atomic E-state index is 0.00381. The van der Waals surface area contributed by atoms with E-state index in [4.69, 9.17) is 0 Å². The van der Waals surface area contributed by atoms with Gasteiger partial charge in [0.25, 0.3) is 11.6 Å². The van der Waals surface area contributed by atoms with Crippen molar-refractivity contribution in [1.29, 1.82) is 0 Å². The van der Waals surface area contributed by atoms with Crippen LogP contribution < -0.4 is 5.32 Å². The fourth-order valence-electron chi connectivity index (χ4n) is 3.43. The van der Waals surface area contributed by atoms with Gasteiger partial charge in [0.2, 0.25) is 0 Å². The standard InChI is InChI=1S/C24H21N5O3/c1-16-6-11-22(17(2)13-16)28-23(24(30)26-15-19-5-3-4-12-25-19)14-21(27-28)18-7-9-20(10-8-18)29(31)32/h3-14H,15H2,1-2H3,(H,26,30). The number of aryl methyl sites for hydroxylation is 2. The van der Waals surface area contributed by atoms with E-state index in [1.54, 1.807) is 29.1 Å². The van der Waals surface area contributed by atoms with Crippen molar-refractivity contribution in [2.75, 3.05) is 0 Å². The van der Waals surface area contributed by atoms with Crippen molar-refractivity contribution in [3.8, 4) is 16.9 Å². The number of non-ortho nitro benzene ring substituents is 1. The summed E-state index contributed by atoms with van der Waals surface area (Å²) >= 11 is 0. The molecule has 0 aliphatic heterocycles. The molecule has 0 saturated carbocycles. The molecule has 0 radical (unpaired) electrons. The highest BCUT2D eigenvalue weighted by molar-refractivity contribution is 5.94. The van der Waals surface area contributed by atoms with Crippen LogP contribution >= 0.6 is 0 Å². The average molecular weight is 427 g/mol. The van der Waals surface area contributed by atoms with Crippen LogP contribution in [0.15, 0.2) is 72.9 Å². The Morgan fingerprint density at radius 2 is 1.84 bits per heavy atom.